The van der Waals surface area contributed by atoms with Gasteiger partial charge in [0.05, 0.1) is 10.7 Å². The van der Waals surface area contributed by atoms with Gasteiger partial charge in [0, 0.05) is 12.6 Å². The summed E-state index contributed by atoms with van der Waals surface area (Å²) in [5, 5.41) is 0.726. The molecule has 0 bridgehead atoms. The van der Waals surface area contributed by atoms with Crippen molar-refractivity contribution in [1.29, 1.82) is 0 Å². The van der Waals surface area contributed by atoms with E-state index in [1.807, 2.05) is 18.6 Å². The predicted molar refractivity (Wildman–Crippen MR) is 42.9 cm³/mol. The van der Waals surface area contributed by atoms with Gasteiger partial charge in [-0.3, -0.25) is 4.98 Å². The number of hydrogen-bond acceptors (Lipinski definition) is 1. The van der Waals surface area contributed by atoms with Gasteiger partial charge < -0.3 is 0 Å². The van der Waals surface area contributed by atoms with Crippen molar-refractivity contribution >= 4 is 11.6 Å². The summed E-state index contributed by atoms with van der Waals surface area (Å²) >= 11 is 5.81. The minimum atomic E-state index is 0.726. The van der Waals surface area contributed by atoms with Crippen LogP contribution in [0.25, 0.3) is 0 Å². The first-order valence-corrected chi connectivity index (χ1v) is 3.66. The molecule has 0 saturated heterocycles. The molecule has 0 unspecified atom stereocenters. The third-order valence-electron chi connectivity index (χ3n) is 1.18. The molecule has 0 aromatic carbocycles. The first-order valence-electron chi connectivity index (χ1n) is 3.28. The van der Waals surface area contributed by atoms with Crippen molar-refractivity contribution in [2.45, 2.75) is 13.3 Å². The van der Waals surface area contributed by atoms with Crippen LogP contribution in [0.1, 0.15) is 19.0 Å². The predicted octanol–water partition coefficient (Wildman–Crippen LogP) is 2.70. The zero-order chi connectivity index (χ0) is 7.40. The quantitative estimate of drug-likeness (QED) is 0.639. The Balaban J connectivity index is 2.81. The van der Waals surface area contributed by atoms with E-state index in [0.717, 1.165) is 17.1 Å². The maximum atomic E-state index is 5.81. The van der Waals surface area contributed by atoms with E-state index in [0.29, 0.717) is 0 Å². The Morgan fingerprint density at radius 2 is 2.50 bits per heavy atom. The second-order valence-corrected chi connectivity index (χ2v) is 2.39. The van der Waals surface area contributed by atoms with Crippen molar-refractivity contribution < 1.29 is 0 Å². The van der Waals surface area contributed by atoms with E-state index in [1.165, 1.54) is 0 Å². The molecule has 1 aromatic heterocycles. The van der Waals surface area contributed by atoms with E-state index >= 15 is 0 Å². The minimum absolute atomic E-state index is 0.726. The SMILES string of the molecule is CC[CH]c1ncccc1Cl. The molecule has 0 fully saturated rings. The first kappa shape index (κ1) is 7.55. The van der Waals surface area contributed by atoms with Crippen LogP contribution in [-0.2, 0) is 0 Å². The van der Waals surface area contributed by atoms with Crippen LogP contribution in [0, 0.1) is 6.42 Å². The van der Waals surface area contributed by atoms with Crippen LogP contribution in [0.2, 0.25) is 5.02 Å². The van der Waals surface area contributed by atoms with Gasteiger partial charge in [0.25, 0.3) is 0 Å². The van der Waals surface area contributed by atoms with E-state index in [9.17, 15) is 0 Å². The van der Waals surface area contributed by atoms with E-state index < -0.39 is 0 Å². The molecule has 10 heavy (non-hydrogen) atoms. The van der Waals surface area contributed by atoms with E-state index in [4.69, 9.17) is 11.6 Å². The van der Waals surface area contributed by atoms with E-state index in [-0.39, 0.29) is 0 Å². The molecule has 1 radical (unpaired) electrons. The molecular formula is C8H9ClN. The summed E-state index contributed by atoms with van der Waals surface area (Å²) in [5.74, 6) is 0. The molecule has 0 saturated carbocycles. The summed E-state index contributed by atoms with van der Waals surface area (Å²) in [7, 11) is 0. The highest BCUT2D eigenvalue weighted by molar-refractivity contribution is 6.31. The van der Waals surface area contributed by atoms with Gasteiger partial charge in [0.15, 0.2) is 0 Å². The van der Waals surface area contributed by atoms with Gasteiger partial charge in [-0.25, -0.2) is 0 Å². The average Bonchev–Trinajstić information content (AvgIpc) is 1.94. The molecule has 1 heterocycles. The van der Waals surface area contributed by atoms with Gasteiger partial charge in [-0.05, 0) is 18.6 Å². The van der Waals surface area contributed by atoms with Gasteiger partial charge in [0.2, 0.25) is 0 Å². The Bertz CT molecular complexity index is 210. The molecule has 0 atom stereocenters. The molecule has 1 rings (SSSR count). The van der Waals surface area contributed by atoms with Crippen LogP contribution < -0.4 is 0 Å². The molecule has 1 aromatic rings. The van der Waals surface area contributed by atoms with Crippen LogP contribution in [0.15, 0.2) is 18.3 Å². The van der Waals surface area contributed by atoms with E-state index in [1.54, 1.807) is 6.20 Å². The average molecular weight is 155 g/mol. The number of rotatable bonds is 2. The monoisotopic (exact) mass is 154 g/mol. The lowest BCUT2D eigenvalue weighted by Gasteiger charge is -1.97. The zero-order valence-electron chi connectivity index (χ0n) is 5.84. The van der Waals surface area contributed by atoms with Crippen molar-refractivity contribution in [3.8, 4) is 0 Å². The summed E-state index contributed by atoms with van der Waals surface area (Å²) < 4.78 is 0. The molecule has 0 N–H and O–H groups in total. The highest BCUT2D eigenvalue weighted by Gasteiger charge is 1.96. The lowest BCUT2D eigenvalue weighted by atomic mass is 10.2. The van der Waals surface area contributed by atoms with Gasteiger partial charge in [-0.1, -0.05) is 18.5 Å². The molecule has 0 spiro atoms. The number of nitrogens with zero attached hydrogens (tertiary/aromatic N) is 1. The summed E-state index contributed by atoms with van der Waals surface area (Å²) in [6.45, 7) is 2.06. The Kier molecular flexibility index (Phi) is 2.69. The van der Waals surface area contributed by atoms with Crippen LogP contribution >= 0.6 is 11.6 Å². The Hall–Kier alpha value is -0.560. The lowest BCUT2D eigenvalue weighted by molar-refractivity contribution is 1.07. The smallest absolute Gasteiger partial charge is 0.0627 e. The van der Waals surface area contributed by atoms with Crippen LogP contribution in [0.3, 0.4) is 0 Å². The van der Waals surface area contributed by atoms with Gasteiger partial charge >= 0.3 is 0 Å². The molecular weight excluding hydrogens is 146 g/mol. The highest BCUT2D eigenvalue weighted by Crippen LogP contribution is 2.14. The Labute approximate surface area is 66.0 Å². The van der Waals surface area contributed by atoms with Gasteiger partial charge in [0.1, 0.15) is 0 Å². The van der Waals surface area contributed by atoms with Crippen LogP contribution in [-0.4, -0.2) is 4.98 Å². The third kappa shape index (κ3) is 1.71. The molecule has 1 nitrogen and oxygen atoms in total. The fraction of sp³-hybridized carbons (Fsp3) is 0.250. The minimum Gasteiger partial charge on any atom is -0.259 e. The number of halogens is 1. The zero-order valence-corrected chi connectivity index (χ0v) is 6.60. The molecule has 53 valence electrons. The highest BCUT2D eigenvalue weighted by atomic mass is 35.5. The topological polar surface area (TPSA) is 12.9 Å². The van der Waals surface area contributed by atoms with Gasteiger partial charge in [-0.2, -0.15) is 0 Å². The van der Waals surface area contributed by atoms with Crippen LogP contribution in [0.4, 0.5) is 0 Å². The molecule has 0 amide bonds. The molecule has 0 aliphatic heterocycles. The standard InChI is InChI=1S/C8H9ClN/c1-2-4-8-7(9)5-3-6-10-8/h3-6H,2H2,1H3. The fourth-order valence-electron chi connectivity index (χ4n) is 0.741. The number of aromatic nitrogens is 1. The molecule has 2 heteroatoms. The second-order valence-electron chi connectivity index (χ2n) is 1.98. The molecule has 0 aliphatic rings. The van der Waals surface area contributed by atoms with Crippen molar-refractivity contribution in [2.24, 2.45) is 0 Å². The summed E-state index contributed by atoms with van der Waals surface area (Å²) in [4.78, 5) is 4.08. The lowest BCUT2D eigenvalue weighted by Crippen LogP contribution is -1.85. The Morgan fingerprint density at radius 1 is 1.70 bits per heavy atom. The van der Waals surface area contributed by atoms with Crippen LogP contribution in [0.5, 0.6) is 0 Å². The van der Waals surface area contributed by atoms with Crippen molar-refractivity contribution in [2.75, 3.05) is 0 Å². The summed E-state index contributed by atoms with van der Waals surface area (Å²) in [6.07, 6.45) is 4.71. The summed E-state index contributed by atoms with van der Waals surface area (Å²) in [6, 6.07) is 3.67. The number of pyridine rings is 1. The molecule has 0 aliphatic carbocycles. The maximum Gasteiger partial charge on any atom is 0.0627 e. The second kappa shape index (κ2) is 3.57. The van der Waals surface area contributed by atoms with Crippen molar-refractivity contribution in [1.82, 2.24) is 4.98 Å². The van der Waals surface area contributed by atoms with Crippen molar-refractivity contribution in [3.63, 3.8) is 0 Å². The first-order chi connectivity index (χ1) is 4.84. The largest absolute Gasteiger partial charge is 0.259 e. The fourth-order valence-corrected chi connectivity index (χ4v) is 0.940. The third-order valence-corrected chi connectivity index (χ3v) is 1.50. The van der Waals surface area contributed by atoms with Crippen molar-refractivity contribution in [3.05, 3.63) is 35.5 Å². The normalized spacial score (nSPS) is 9.80. The van der Waals surface area contributed by atoms with E-state index in [2.05, 4.69) is 11.9 Å². The number of hydrogen-bond donors (Lipinski definition) is 0. The van der Waals surface area contributed by atoms with Gasteiger partial charge in [-0.15, -0.1) is 0 Å². The maximum absolute atomic E-state index is 5.81. The Morgan fingerprint density at radius 3 is 3.10 bits per heavy atom. The summed E-state index contributed by atoms with van der Waals surface area (Å²) in [5.41, 5.74) is 0.881.